The molecule has 17 nitrogen and oxygen atoms in total. The van der Waals surface area contributed by atoms with Crippen LogP contribution in [0.25, 0.3) is 22.3 Å². The molecule has 0 bridgehead atoms. The third kappa shape index (κ3) is 9.14. The molecule has 3 aliphatic rings. The third-order valence-corrected chi connectivity index (χ3v) is 12.1. The fraction of sp³-hybridized carbons (Fsp3) is 0.467. The minimum absolute atomic E-state index is 0.0471. The number of hydrogen-bond donors (Lipinski definition) is 6. The van der Waals surface area contributed by atoms with Crippen LogP contribution >= 0.6 is 12.2 Å². The first kappa shape index (κ1) is 45.5. The Labute approximate surface area is 369 Å². The average molecular weight is 887 g/mol. The second-order valence-electron chi connectivity index (χ2n) is 16.4. The van der Waals surface area contributed by atoms with Gasteiger partial charge in [-0.2, -0.15) is 0 Å². The predicted octanol–water partition coefficient (Wildman–Crippen LogP) is 3.12. The van der Waals surface area contributed by atoms with Gasteiger partial charge in [-0.1, -0.05) is 39.0 Å². The lowest BCUT2D eigenvalue weighted by Crippen LogP contribution is -2.59. The third-order valence-electron chi connectivity index (χ3n) is 11.9. The van der Waals surface area contributed by atoms with Crippen LogP contribution in [0.1, 0.15) is 70.1 Å². The van der Waals surface area contributed by atoms with Gasteiger partial charge in [0, 0.05) is 29.3 Å². The highest BCUT2D eigenvalue weighted by molar-refractivity contribution is 7.80. The van der Waals surface area contributed by atoms with Crippen LogP contribution in [0.5, 0.6) is 5.75 Å². The van der Waals surface area contributed by atoms with Crippen molar-refractivity contribution < 1.29 is 48.3 Å². The first-order valence-electron chi connectivity index (χ1n) is 21.1. The number of nitrogens with one attached hydrogen (secondary N) is 3. The van der Waals surface area contributed by atoms with E-state index in [9.17, 15) is 29.4 Å². The smallest absolute Gasteiger partial charge is 0.355 e. The number of carbonyl (C=O) groups is 3. The molecule has 4 aromatic rings. The van der Waals surface area contributed by atoms with Crippen LogP contribution < -0.4 is 32.0 Å². The van der Waals surface area contributed by atoms with Gasteiger partial charge < -0.3 is 60.1 Å². The molecule has 7 rings (SSSR count). The standard InChI is InChI=1S/C45H54N6O11S/c1-6-45(30-20-33-35-26(19-25-11-7-8-12-31(25)48-35)21-51(33)40(55)29(30)22-59-43(45)57)62-41(56)34(23(2)3)50-39(54)32(13-9-10-18-46)49-44(63)47-27-14-16-28(17-15-27)61-42-37(53)38(58-5)36(52)24(4)60-42/h7-8,11-12,14-17,19-20,23-24,32,34,36-38,42,52-53H,6,9-10,13,18,21-22,46H2,1-5H3,(H,50,54)(H2,47,49,63)/t24-,32-,34-,36+,37-,38+,42?,45-/m0/s1. The van der Waals surface area contributed by atoms with Crippen molar-refractivity contribution in [2.75, 3.05) is 19.0 Å². The van der Waals surface area contributed by atoms with Crippen LogP contribution in [0.3, 0.4) is 0 Å². The number of pyridine rings is 2. The Kier molecular flexibility index (Phi) is 13.8. The summed E-state index contributed by atoms with van der Waals surface area (Å²) in [6, 6.07) is 15.8. The number of nitrogens with two attached hydrogens (primary N) is 1. The number of aromatic nitrogens is 2. The molecule has 5 heterocycles. The first-order valence-corrected chi connectivity index (χ1v) is 21.6. The maximum atomic E-state index is 14.3. The fourth-order valence-electron chi connectivity index (χ4n) is 8.28. The molecule has 8 atom stereocenters. The number of methoxy groups -OCH3 is 1. The van der Waals surface area contributed by atoms with E-state index >= 15 is 0 Å². The number of cyclic esters (lactones) is 1. The number of para-hydroxylation sites is 1. The molecule has 7 N–H and O–H groups in total. The molecular formula is C45H54N6O11S. The molecule has 1 amide bonds. The van der Waals surface area contributed by atoms with E-state index in [-0.39, 0.29) is 41.4 Å². The molecule has 2 aromatic heterocycles. The zero-order chi connectivity index (χ0) is 45.2. The molecule has 1 saturated heterocycles. The minimum Gasteiger partial charge on any atom is -0.462 e. The van der Waals surface area contributed by atoms with Gasteiger partial charge >= 0.3 is 11.9 Å². The monoisotopic (exact) mass is 886 g/mol. The minimum atomic E-state index is -1.97. The number of rotatable bonds is 15. The molecule has 1 unspecified atom stereocenters. The van der Waals surface area contributed by atoms with Gasteiger partial charge in [-0.25, -0.2) is 14.6 Å². The number of hydrogen-bond acceptors (Lipinski definition) is 14. The number of ether oxygens (including phenoxy) is 5. The molecule has 1 fully saturated rings. The van der Waals surface area contributed by atoms with Crippen LogP contribution in [-0.4, -0.2) is 99.2 Å². The van der Waals surface area contributed by atoms with Crippen LogP contribution in [0.4, 0.5) is 5.69 Å². The number of thiocarbonyl (C=S) groups is 1. The number of aliphatic hydroxyl groups is 2. The van der Waals surface area contributed by atoms with E-state index in [2.05, 4.69) is 16.0 Å². The number of benzene rings is 2. The van der Waals surface area contributed by atoms with Gasteiger partial charge in [0.1, 0.15) is 42.8 Å². The van der Waals surface area contributed by atoms with Gasteiger partial charge in [-0.05, 0) is 99.8 Å². The van der Waals surface area contributed by atoms with Gasteiger partial charge in [-0.3, -0.25) is 9.59 Å². The van der Waals surface area contributed by atoms with Crippen molar-refractivity contribution in [3.63, 3.8) is 0 Å². The van der Waals surface area contributed by atoms with Crippen molar-refractivity contribution in [3.05, 3.63) is 87.7 Å². The predicted molar refractivity (Wildman–Crippen MR) is 235 cm³/mol. The number of nitrogens with zero attached hydrogens (tertiary/aromatic N) is 2. The Hall–Kier alpha value is -5.50. The molecule has 18 heteroatoms. The maximum Gasteiger partial charge on any atom is 0.355 e. The van der Waals surface area contributed by atoms with E-state index in [1.54, 1.807) is 62.6 Å². The Morgan fingerprint density at radius 1 is 1.06 bits per heavy atom. The highest BCUT2D eigenvalue weighted by Crippen LogP contribution is 2.41. The zero-order valence-corrected chi connectivity index (χ0v) is 36.6. The van der Waals surface area contributed by atoms with Gasteiger partial charge in [0.05, 0.1) is 35.1 Å². The summed E-state index contributed by atoms with van der Waals surface area (Å²) in [5.74, 6) is -2.37. The lowest BCUT2D eigenvalue weighted by Gasteiger charge is -2.40. The number of amides is 1. The summed E-state index contributed by atoms with van der Waals surface area (Å²) >= 11 is 5.61. The molecule has 3 aliphatic heterocycles. The quantitative estimate of drug-likeness (QED) is 0.0504. The van der Waals surface area contributed by atoms with Crippen molar-refractivity contribution >= 4 is 51.8 Å². The second kappa shape index (κ2) is 19.1. The van der Waals surface area contributed by atoms with Crippen LogP contribution in [0.15, 0.2) is 65.5 Å². The molecule has 0 saturated carbocycles. The number of unbranched alkanes of at least 4 members (excludes halogenated alkanes) is 1. The summed E-state index contributed by atoms with van der Waals surface area (Å²) < 4.78 is 30.1. The Morgan fingerprint density at radius 3 is 2.51 bits per heavy atom. The summed E-state index contributed by atoms with van der Waals surface area (Å²) in [4.78, 5) is 61.1. The first-order chi connectivity index (χ1) is 30.2. The lowest BCUT2D eigenvalue weighted by molar-refractivity contribution is -0.272. The van der Waals surface area contributed by atoms with Gasteiger partial charge in [0.15, 0.2) is 5.11 Å². The van der Waals surface area contributed by atoms with Crippen molar-refractivity contribution in [2.45, 2.75) is 115 Å². The largest absolute Gasteiger partial charge is 0.462 e. The van der Waals surface area contributed by atoms with E-state index in [0.717, 1.165) is 16.5 Å². The van der Waals surface area contributed by atoms with Gasteiger partial charge in [0.2, 0.25) is 17.8 Å². The topological polar surface area (TPSA) is 235 Å². The lowest BCUT2D eigenvalue weighted by atomic mass is 9.85. The number of carbonyl (C=O) groups excluding carboxylic acids is 3. The highest BCUT2D eigenvalue weighted by atomic mass is 32.1. The van der Waals surface area contributed by atoms with Crippen LogP contribution in [0, 0.1) is 5.92 Å². The van der Waals surface area contributed by atoms with E-state index in [0.29, 0.717) is 48.6 Å². The number of esters is 2. The van der Waals surface area contributed by atoms with E-state index in [1.165, 1.54) is 7.11 Å². The van der Waals surface area contributed by atoms with Crippen molar-refractivity contribution in [2.24, 2.45) is 11.7 Å². The second-order valence-corrected chi connectivity index (χ2v) is 16.8. The molecule has 0 aliphatic carbocycles. The molecule has 2 aromatic carbocycles. The SMILES string of the molecule is CC[C@@]1(OC(=O)[C@@H](NC(=O)[C@H](CCCCN)NC(=S)Nc2ccc(OC3O[C@@H](C)[C@@H](O)[C@@H](OC)[C@@H]3O)cc2)C(C)C)C(=O)OCc2c1cc1n(c2=O)Cc2cc3ccccc3nc2-1. The van der Waals surface area contributed by atoms with E-state index in [1.807, 2.05) is 30.3 Å². The van der Waals surface area contributed by atoms with Crippen molar-refractivity contribution in [3.8, 4) is 17.1 Å². The Bertz CT molecular complexity index is 2430. The van der Waals surface area contributed by atoms with E-state index in [4.69, 9.17) is 46.6 Å². The van der Waals surface area contributed by atoms with Crippen LogP contribution in [-0.2, 0) is 52.1 Å². The van der Waals surface area contributed by atoms with E-state index < -0.39 is 72.2 Å². The van der Waals surface area contributed by atoms with Crippen molar-refractivity contribution in [1.29, 1.82) is 0 Å². The summed E-state index contributed by atoms with van der Waals surface area (Å²) in [7, 11) is 1.39. The fourth-order valence-corrected chi connectivity index (χ4v) is 8.54. The Morgan fingerprint density at radius 2 is 1.81 bits per heavy atom. The summed E-state index contributed by atoms with van der Waals surface area (Å²) in [5, 5.41) is 30.9. The normalized spacial score (nSPS) is 23.4. The highest BCUT2D eigenvalue weighted by Gasteiger charge is 2.52. The van der Waals surface area contributed by atoms with Crippen molar-refractivity contribution in [1.82, 2.24) is 20.2 Å². The summed E-state index contributed by atoms with van der Waals surface area (Å²) in [6.07, 6.45) is -3.43. The van der Waals surface area contributed by atoms with Crippen LogP contribution in [0.2, 0.25) is 0 Å². The Balaban J connectivity index is 1.06. The molecule has 63 heavy (non-hydrogen) atoms. The van der Waals surface area contributed by atoms with Gasteiger partial charge in [-0.15, -0.1) is 0 Å². The summed E-state index contributed by atoms with van der Waals surface area (Å²) in [6.45, 7) is 7.20. The maximum absolute atomic E-state index is 14.3. The molecule has 336 valence electrons. The number of fused-ring (bicyclic) bond motifs is 5. The average Bonchev–Trinajstić information content (AvgIpc) is 3.62. The number of aliphatic hydroxyl groups excluding tert-OH is 2. The summed E-state index contributed by atoms with van der Waals surface area (Å²) in [5.41, 5.74) is 7.11. The molecule has 0 radical (unpaired) electrons. The number of anilines is 1. The van der Waals surface area contributed by atoms with Gasteiger partial charge in [0.25, 0.3) is 5.56 Å². The molecular weight excluding hydrogens is 833 g/mol. The zero-order valence-electron chi connectivity index (χ0n) is 35.8. The molecule has 0 spiro atoms.